The first-order chi connectivity index (χ1) is 11.1. The summed E-state index contributed by atoms with van der Waals surface area (Å²) in [6.45, 7) is 3.92. The molecule has 0 aliphatic heterocycles. The summed E-state index contributed by atoms with van der Waals surface area (Å²) in [6.07, 6.45) is 0.524. The van der Waals surface area contributed by atoms with Crippen LogP contribution in [-0.4, -0.2) is 20.1 Å². The zero-order valence-corrected chi connectivity index (χ0v) is 13.1. The summed E-state index contributed by atoms with van der Waals surface area (Å²) in [5, 5.41) is 17.8. The fraction of sp³-hybridized carbons (Fsp3) is 0.222. The Balaban J connectivity index is 2.03. The van der Waals surface area contributed by atoms with Gasteiger partial charge in [-0.15, -0.1) is 5.10 Å². The van der Waals surface area contributed by atoms with E-state index in [1.165, 1.54) is 17.7 Å². The molecule has 4 nitrogen and oxygen atoms in total. The number of aryl methyl sites for hydroxylation is 2. The maximum atomic E-state index is 13.1. The topological polar surface area (TPSA) is 50.9 Å². The van der Waals surface area contributed by atoms with Gasteiger partial charge in [0.2, 0.25) is 0 Å². The third kappa shape index (κ3) is 3.14. The Morgan fingerprint density at radius 1 is 1.04 bits per heavy atom. The van der Waals surface area contributed by atoms with E-state index in [0.717, 1.165) is 22.5 Å². The van der Waals surface area contributed by atoms with Crippen molar-refractivity contribution in [1.29, 1.82) is 0 Å². The zero-order chi connectivity index (χ0) is 16.4. The first kappa shape index (κ1) is 15.4. The summed E-state index contributed by atoms with van der Waals surface area (Å²) in [6, 6.07) is 12.4. The minimum absolute atomic E-state index is 0.179. The Labute approximate surface area is 134 Å². The van der Waals surface area contributed by atoms with Gasteiger partial charge in [0.05, 0.1) is 18.0 Å². The third-order valence-electron chi connectivity index (χ3n) is 4.01. The van der Waals surface area contributed by atoms with Gasteiger partial charge < -0.3 is 5.11 Å². The van der Waals surface area contributed by atoms with E-state index >= 15 is 0 Å². The molecule has 0 aliphatic carbocycles. The smallest absolute Gasteiger partial charge is 0.123 e. The summed E-state index contributed by atoms with van der Waals surface area (Å²) in [7, 11) is 0. The molecule has 2 aromatic carbocycles. The van der Waals surface area contributed by atoms with Crippen LogP contribution in [0.4, 0.5) is 4.39 Å². The van der Waals surface area contributed by atoms with Gasteiger partial charge in [0.1, 0.15) is 11.5 Å². The molecule has 118 valence electrons. The zero-order valence-electron chi connectivity index (χ0n) is 13.1. The number of aromatic nitrogens is 3. The van der Waals surface area contributed by atoms with Gasteiger partial charge >= 0.3 is 0 Å². The number of hydrogen-bond acceptors (Lipinski definition) is 3. The normalized spacial score (nSPS) is 11.0. The molecule has 5 heteroatoms. The van der Waals surface area contributed by atoms with E-state index in [-0.39, 0.29) is 12.4 Å². The number of benzene rings is 2. The molecule has 0 saturated carbocycles. The van der Waals surface area contributed by atoms with E-state index < -0.39 is 0 Å². The summed E-state index contributed by atoms with van der Waals surface area (Å²) in [5.41, 5.74) is 5.55. The minimum atomic E-state index is -0.267. The number of aliphatic hydroxyl groups is 1. The van der Waals surface area contributed by atoms with Crippen molar-refractivity contribution in [2.75, 3.05) is 0 Å². The van der Waals surface area contributed by atoms with E-state index in [1.54, 1.807) is 16.8 Å². The van der Waals surface area contributed by atoms with Crippen molar-refractivity contribution >= 4 is 0 Å². The lowest BCUT2D eigenvalue weighted by atomic mass is 10.1. The van der Waals surface area contributed by atoms with Gasteiger partial charge in [-0.25, -0.2) is 9.07 Å². The quantitative estimate of drug-likeness (QED) is 0.805. The van der Waals surface area contributed by atoms with Crippen LogP contribution in [0.5, 0.6) is 0 Å². The second kappa shape index (κ2) is 6.30. The molecule has 0 atom stereocenters. The Morgan fingerprint density at radius 3 is 2.43 bits per heavy atom. The molecule has 0 bridgehead atoms. The van der Waals surface area contributed by atoms with Crippen LogP contribution in [0.2, 0.25) is 0 Å². The molecule has 1 N–H and O–H groups in total. The van der Waals surface area contributed by atoms with Crippen LogP contribution in [0, 0.1) is 19.7 Å². The Hall–Kier alpha value is -2.53. The highest BCUT2D eigenvalue weighted by atomic mass is 19.1. The van der Waals surface area contributed by atoms with E-state index in [4.69, 9.17) is 0 Å². The molecule has 0 amide bonds. The third-order valence-corrected chi connectivity index (χ3v) is 4.01. The van der Waals surface area contributed by atoms with Crippen molar-refractivity contribution < 1.29 is 9.50 Å². The maximum absolute atomic E-state index is 13.1. The van der Waals surface area contributed by atoms with Gasteiger partial charge in [0.15, 0.2) is 0 Å². The molecule has 0 saturated heterocycles. The molecule has 0 aliphatic rings. The fourth-order valence-corrected chi connectivity index (χ4v) is 2.49. The summed E-state index contributed by atoms with van der Waals surface area (Å²) >= 11 is 0. The highest BCUT2D eigenvalue weighted by Crippen LogP contribution is 2.19. The van der Waals surface area contributed by atoms with E-state index in [0.29, 0.717) is 12.1 Å². The lowest BCUT2D eigenvalue weighted by Gasteiger charge is -2.10. The van der Waals surface area contributed by atoms with Crippen LogP contribution in [0.1, 0.15) is 28.1 Å². The Bertz CT molecular complexity index is 825. The molecule has 0 radical (unpaired) electrons. The predicted octanol–water partition coefficient (Wildman–Crippen LogP) is 3.11. The van der Waals surface area contributed by atoms with Crippen molar-refractivity contribution in [2.45, 2.75) is 26.9 Å². The second-order valence-corrected chi connectivity index (χ2v) is 5.62. The minimum Gasteiger partial charge on any atom is -0.390 e. The highest BCUT2D eigenvalue weighted by Gasteiger charge is 2.14. The van der Waals surface area contributed by atoms with Crippen LogP contribution >= 0.6 is 0 Å². The van der Waals surface area contributed by atoms with Crippen LogP contribution in [-0.2, 0) is 13.0 Å². The van der Waals surface area contributed by atoms with E-state index in [1.807, 2.05) is 25.1 Å². The SMILES string of the molecule is Cc1ccc(-n2nnc(CO)c2Cc2ccc(F)cc2)cc1C. The summed E-state index contributed by atoms with van der Waals surface area (Å²) in [4.78, 5) is 0. The van der Waals surface area contributed by atoms with Crippen LogP contribution in [0.15, 0.2) is 42.5 Å². The second-order valence-electron chi connectivity index (χ2n) is 5.62. The average molecular weight is 311 g/mol. The number of nitrogens with zero attached hydrogens (tertiary/aromatic N) is 3. The van der Waals surface area contributed by atoms with Crippen LogP contribution in [0.25, 0.3) is 5.69 Å². The van der Waals surface area contributed by atoms with Crippen molar-refractivity contribution in [3.05, 3.63) is 76.4 Å². The summed E-state index contributed by atoms with van der Waals surface area (Å²) in [5.74, 6) is -0.267. The highest BCUT2D eigenvalue weighted by molar-refractivity contribution is 5.41. The lowest BCUT2D eigenvalue weighted by molar-refractivity contribution is 0.275. The van der Waals surface area contributed by atoms with E-state index in [2.05, 4.69) is 17.2 Å². The van der Waals surface area contributed by atoms with Crippen LogP contribution in [0.3, 0.4) is 0 Å². The van der Waals surface area contributed by atoms with Gasteiger partial charge in [-0.05, 0) is 54.8 Å². The van der Waals surface area contributed by atoms with Gasteiger partial charge in [-0.3, -0.25) is 0 Å². The number of hydrogen-bond donors (Lipinski definition) is 1. The maximum Gasteiger partial charge on any atom is 0.123 e. The fourth-order valence-electron chi connectivity index (χ4n) is 2.49. The van der Waals surface area contributed by atoms with Crippen molar-refractivity contribution in [3.8, 4) is 5.69 Å². The van der Waals surface area contributed by atoms with Crippen LogP contribution < -0.4 is 0 Å². The Morgan fingerprint density at radius 2 is 1.78 bits per heavy atom. The molecular formula is C18H18FN3O. The average Bonchev–Trinajstić information content (AvgIpc) is 2.95. The standard InChI is InChI=1S/C18H18FN3O/c1-12-3-8-16(9-13(12)2)22-18(17(11-23)20-21-22)10-14-4-6-15(19)7-5-14/h3-9,23H,10-11H2,1-2H3. The molecule has 1 heterocycles. The first-order valence-electron chi connectivity index (χ1n) is 7.45. The molecule has 0 unspecified atom stereocenters. The van der Waals surface area contributed by atoms with Crippen molar-refractivity contribution in [2.24, 2.45) is 0 Å². The van der Waals surface area contributed by atoms with Gasteiger partial charge in [-0.2, -0.15) is 0 Å². The molecular weight excluding hydrogens is 293 g/mol. The molecule has 1 aromatic heterocycles. The first-order valence-corrected chi connectivity index (χ1v) is 7.45. The molecule has 0 fully saturated rings. The molecule has 3 rings (SSSR count). The van der Waals surface area contributed by atoms with Crippen molar-refractivity contribution in [3.63, 3.8) is 0 Å². The lowest BCUT2D eigenvalue weighted by Crippen LogP contribution is -2.05. The summed E-state index contributed by atoms with van der Waals surface area (Å²) < 4.78 is 14.8. The van der Waals surface area contributed by atoms with Gasteiger partial charge in [0, 0.05) is 6.42 Å². The van der Waals surface area contributed by atoms with Gasteiger partial charge in [-0.1, -0.05) is 23.4 Å². The predicted molar refractivity (Wildman–Crippen MR) is 86.0 cm³/mol. The molecule has 0 spiro atoms. The number of halogens is 1. The largest absolute Gasteiger partial charge is 0.390 e. The monoisotopic (exact) mass is 311 g/mol. The van der Waals surface area contributed by atoms with Crippen molar-refractivity contribution in [1.82, 2.24) is 15.0 Å². The number of rotatable bonds is 4. The van der Waals surface area contributed by atoms with E-state index in [9.17, 15) is 9.50 Å². The Kier molecular flexibility index (Phi) is 4.21. The molecule has 3 aromatic rings. The van der Waals surface area contributed by atoms with Gasteiger partial charge in [0.25, 0.3) is 0 Å². The molecule has 23 heavy (non-hydrogen) atoms. The number of aliphatic hydroxyl groups excluding tert-OH is 1.